The number of rotatable bonds is 12. The molecule has 0 spiro atoms. The highest BCUT2D eigenvalue weighted by atomic mass is 32.2. The minimum absolute atomic E-state index is 0.121. The van der Waals surface area contributed by atoms with Gasteiger partial charge in [-0.05, 0) is 57.4 Å². The highest BCUT2D eigenvalue weighted by Crippen LogP contribution is 2.34. The Morgan fingerprint density at radius 2 is 0.930 bits per heavy atom. The Labute approximate surface area is 261 Å². The molecular weight excluding hydrogens is 571 g/mol. The van der Waals surface area contributed by atoms with Gasteiger partial charge in [-0.2, -0.15) is 0 Å². The molecule has 2 atom stereocenters. The molecule has 6 heteroatoms. The maximum Gasteiger partial charge on any atom is 0.156 e. The van der Waals surface area contributed by atoms with Crippen molar-refractivity contribution >= 4 is 53.0 Å². The predicted molar refractivity (Wildman–Crippen MR) is 178 cm³/mol. The average molecular weight is 604 g/mol. The summed E-state index contributed by atoms with van der Waals surface area (Å²) in [7, 11) is 0. The minimum Gasteiger partial charge on any atom is -0.314 e. The molecule has 4 aromatic rings. The van der Waals surface area contributed by atoms with E-state index in [2.05, 4.69) is 5.32 Å². The zero-order chi connectivity index (χ0) is 29.9. The molecule has 2 unspecified atom stereocenters. The maximum atomic E-state index is 13.7. The van der Waals surface area contributed by atoms with Crippen LogP contribution in [0.2, 0.25) is 0 Å². The smallest absolute Gasteiger partial charge is 0.156 e. The Morgan fingerprint density at radius 3 is 1.30 bits per heavy atom. The number of thioether (sulfide) groups is 2. The van der Waals surface area contributed by atoms with Crippen molar-refractivity contribution in [2.24, 2.45) is 11.8 Å². The van der Waals surface area contributed by atoms with Gasteiger partial charge >= 0.3 is 0 Å². The molecule has 0 amide bonds. The first-order valence-electron chi connectivity index (χ1n) is 14.3. The quantitative estimate of drug-likeness (QED) is 0.131. The molecule has 4 aromatic carbocycles. The van der Waals surface area contributed by atoms with Gasteiger partial charge in [-0.1, -0.05) is 121 Å². The molecule has 1 fully saturated rings. The Kier molecular flexibility index (Phi) is 11.0. The number of piperidine rings is 1. The van der Waals surface area contributed by atoms with Gasteiger partial charge in [-0.15, -0.1) is 0 Å². The summed E-state index contributed by atoms with van der Waals surface area (Å²) in [5.74, 6) is -2.33. The molecule has 0 saturated carbocycles. The van der Waals surface area contributed by atoms with Crippen LogP contribution in [0, 0.1) is 11.8 Å². The van der Waals surface area contributed by atoms with E-state index in [1.165, 1.54) is 23.5 Å². The van der Waals surface area contributed by atoms with Crippen LogP contribution in [-0.4, -0.2) is 30.4 Å². The lowest BCUT2D eigenvalue weighted by atomic mass is 9.82. The molecule has 1 N–H and O–H groups in total. The average Bonchev–Trinajstić information content (AvgIpc) is 3.03. The number of hydrogen-bond acceptors (Lipinski definition) is 6. The number of Topliss-reactive ketones (excluding diaryl/α,β-unsaturated/α-hetero) is 3. The van der Waals surface area contributed by atoms with Gasteiger partial charge in [0.15, 0.2) is 5.78 Å². The SMILES string of the molecule is O=C(C/C(=C\c1ccccc1)Sc1ccccc1)C1CNCC(C(=O)C/C(=C\c2ccccc2)Sc2ccccc2)C1=O. The van der Waals surface area contributed by atoms with Crippen LogP contribution >= 0.6 is 23.5 Å². The largest absolute Gasteiger partial charge is 0.314 e. The van der Waals surface area contributed by atoms with Crippen LogP contribution in [0.1, 0.15) is 24.0 Å². The molecule has 5 rings (SSSR count). The van der Waals surface area contributed by atoms with Crippen LogP contribution in [0.15, 0.2) is 141 Å². The van der Waals surface area contributed by atoms with Crippen molar-refractivity contribution in [3.05, 3.63) is 142 Å². The number of ketones is 3. The summed E-state index contributed by atoms with van der Waals surface area (Å²) < 4.78 is 0. The van der Waals surface area contributed by atoms with E-state index in [9.17, 15) is 14.4 Å². The summed E-state index contributed by atoms with van der Waals surface area (Å²) in [6, 6.07) is 39.5. The van der Waals surface area contributed by atoms with Gasteiger partial charge < -0.3 is 5.32 Å². The fourth-order valence-electron chi connectivity index (χ4n) is 4.93. The lowest BCUT2D eigenvalue weighted by Gasteiger charge is -2.27. The fraction of sp³-hybridized carbons (Fsp3) is 0.162. The predicted octanol–water partition coefficient (Wildman–Crippen LogP) is 7.98. The molecular formula is C37H33NO3S2. The molecule has 43 heavy (non-hydrogen) atoms. The first-order chi connectivity index (χ1) is 21.0. The standard InChI is InChI=1S/C37H33NO3S2/c39-35(23-31(21-27-13-5-1-6-14-27)42-29-17-9-3-10-18-29)33-25-38-26-34(37(33)41)36(40)24-32(22-28-15-7-2-8-16-28)43-30-19-11-4-12-20-30/h1-22,33-34,38H,23-26H2/b31-21+,32-22+. The van der Waals surface area contributed by atoms with Crippen LogP contribution in [0.5, 0.6) is 0 Å². The first kappa shape index (κ1) is 30.5. The van der Waals surface area contributed by atoms with Gasteiger partial charge in [0.05, 0.1) is 11.8 Å². The number of carbonyl (C=O) groups is 3. The van der Waals surface area contributed by atoms with E-state index in [0.717, 1.165) is 30.7 Å². The van der Waals surface area contributed by atoms with E-state index in [1.807, 2.05) is 133 Å². The van der Waals surface area contributed by atoms with Crippen LogP contribution in [-0.2, 0) is 14.4 Å². The molecule has 1 aliphatic heterocycles. The molecule has 0 aliphatic carbocycles. The third-order valence-corrected chi connectivity index (χ3v) is 9.16. The molecule has 216 valence electrons. The molecule has 4 nitrogen and oxygen atoms in total. The zero-order valence-electron chi connectivity index (χ0n) is 23.7. The maximum absolute atomic E-state index is 13.7. The molecule has 0 radical (unpaired) electrons. The van der Waals surface area contributed by atoms with Crippen molar-refractivity contribution in [2.45, 2.75) is 22.6 Å². The zero-order valence-corrected chi connectivity index (χ0v) is 25.4. The minimum atomic E-state index is -0.860. The van der Waals surface area contributed by atoms with E-state index in [0.29, 0.717) is 0 Å². The van der Waals surface area contributed by atoms with Crippen molar-refractivity contribution in [1.29, 1.82) is 0 Å². The summed E-state index contributed by atoms with van der Waals surface area (Å²) in [6.07, 6.45) is 4.24. The molecule has 0 bridgehead atoms. The van der Waals surface area contributed by atoms with Gasteiger partial charge in [0, 0.05) is 35.7 Å². The third kappa shape index (κ3) is 9.01. The Hall–Kier alpha value is -3.97. The van der Waals surface area contributed by atoms with Gasteiger partial charge in [0.1, 0.15) is 11.6 Å². The van der Waals surface area contributed by atoms with Crippen LogP contribution in [0.25, 0.3) is 12.2 Å². The van der Waals surface area contributed by atoms with Crippen LogP contribution < -0.4 is 5.32 Å². The van der Waals surface area contributed by atoms with Gasteiger partial charge in [0.2, 0.25) is 0 Å². The monoisotopic (exact) mass is 603 g/mol. The Morgan fingerprint density at radius 1 is 0.581 bits per heavy atom. The van der Waals surface area contributed by atoms with Crippen molar-refractivity contribution in [2.75, 3.05) is 13.1 Å². The number of hydrogen-bond donors (Lipinski definition) is 1. The second-order valence-corrected chi connectivity index (χ2v) is 12.7. The van der Waals surface area contributed by atoms with E-state index in [-0.39, 0.29) is 43.3 Å². The normalized spacial score (nSPS) is 17.4. The summed E-state index contributed by atoms with van der Waals surface area (Å²) in [5.41, 5.74) is 1.98. The molecule has 1 saturated heterocycles. The van der Waals surface area contributed by atoms with E-state index >= 15 is 0 Å². The lowest BCUT2D eigenvalue weighted by Crippen LogP contribution is -2.50. The second kappa shape index (κ2) is 15.5. The van der Waals surface area contributed by atoms with Crippen molar-refractivity contribution in [3.8, 4) is 0 Å². The lowest BCUT2D eigenvalue weighted by molar-refractivity contribution is -0.140. The second-order valence-electron chi connectivity index (χ2n) is 10.3. The fourth-order valence-corrected chi connectivity index (χ4v) is 6.94. The van der Waals surface area contributed by atoms with Crippen molar-refractivity contribution in [1.82, 2.24) is 5.32 Å². The van der Waals surface area contributed by atoms with E-state index in [4.69, 9.17) is 0 Å². The van der Waals surface area contributed by atoms with E-state index < -0.39 is 11.8 Å². The van der Waals surface area contributed by atoms with Crippen LogP contribution in [0.4, 0.5) is 0 Å². The molecule has 1 aliphatic rings. The first-order valence-corrected chi connectivity index (χ1v) is 16.0. The van der Waals surface area contributed by atoms with Gasteiger partial charge in [-0.3, -0.25) is 14.4 Å². The van der Waals surface area contributed by atoms with Gasteiger partial charge in [-0.25, -0.2) is 0 Å². The number of allylic oxidation sites excluding steroid dienone is 2. The topological polar surface area (TPSA) is 63.2 Å². The highest BCUT2D eigenvalue weighted by Gasteiger charge is 2.39. The summed E-state index contributed by atoms with van der Waals surface area (Å²) in [4.78, 5) is 44.7. The van der Waals surface area contributed by atoms with E-state index in [1.54, 1.807) is 0 Å². The number of carbonyl (C=O) groups excluding carboxylic acids is 3. The molecule has 0 aromatic heterocycles. The summed E-state index contributed by atoms with van der Waals surface area (Å²) in [5, 5.41) is 3.21. The van der Waals surface area contributed by atoms with Crippen molar-refractivity contribution < 1.29 is 14.4 Å². The highest BCUT2D eigenvalue weighted by molar-refractivity contribution is 8.03. The summed E-state index contributed by atoms with van der Waals surface area (Å²) >= 11 is 3.05. The Bertz CT molecular complexity index is 1470. The third-order valence-electron chi connectivity index (χ3n) is 7.10. The molecule has 1 heterocycles. The summed E-state index contributed by atoms with van der Waals surface area (Å²) in [6.45, 7) is 0.503. The number of benzene rings is 4. The van der Waals surface area contributed by atoms with Crippen molar-refractivity contribution in [3.63, 3.8) is 0 Å². The number of nitrogens with one attached hydrogen (secondary N) is 1. The van der Waals surface area contributed by atoms with Crippen LogP contribution in [0.3, 0.4) is 0 Å². The van der Waals surface area contributed by atoms with Gasteiger partial charge in [0.25, 0.3) is 0 Å². The Balaban J connectivity index is 1.31.